The minimum Gasteiger partial charge on any atom is -0.396 e. The molecule has 2 N–H and O–H groups in total. The Morgan fingerprint density at radius 1 is 1.41 bits per heavy atom. The highest BCUT2D eigenvalue weighted by Gasteiger charge is 2.02. The molecule has 0 aliphatic carbocycles. The Kier molecular flexibility index (Phi) is 6.15. The fraction of sp³-hybridized carbons (Fsp3) is 0.333. The van der Waals surface area contributed by atoms with Gasteiger partial charge in [0, 0.05) is 18.0 Å². The summed E-state index contributed by atoms with van der Waals surface area (Å²) >= 11 is 1.42. The summed E-state index contributed by atoms with van der Waals surface area (Å²) in [5.41, 5.74) is 0.613. The number of nitrogens with one attached hydrogen (secondary N) is 1. The quantitative estimate of drug-likeness (QED) is 0.587. The molecule has 0 radical (unpaired) electrons. The van der Waals surface area contributed by atoms with Crippen LogP contribution in [0.15, 0.2) is 29.2 Å². The lowest BCUT2D eigenvalue weighted by Gasteiger charge is -2.03. The van der Waals surface area contributed by atoms with Crippen molar-refractivity contribution in [3.05, 3.63) is 29.8 Å². The summed E-state index contributed by atoms with van der Waals surface area (Å²) in [4.78, 5) is 12.3. The normalized spacial score (nSPS) is 9.65. The Bertz CT molecular complexity index is 398. The molecule has 0 saturated carbocycles. The molecule has 1 rings (SSSR count). The van der Waals surface area contributed by atoms with E-state index < -0.39 is 0 Å². The number of rotatable bonds is 6. The summed E-state index contributed by atoms with van der Waals surface area (Å²) in [6.07, 6.45) is 0.577. The number of thioether (sulfide) groups is 1. The molecule has 0 aromatic heterocycles. The van der Waals surface area contributed by atoms with Crippen LogP contribution < -0.4 is 5.32 Å². The van der Waals surface area contributed by atoms with Crippen LogP contribution in [0.4, 0.5) is 0 Å². The zero-order valence-corrected chi connectivity index (χ0v) is 10.2. The number of amides is 1. The molecule has 5 heteroatoms. The highest BCUT2D eigenvalue weighted by atomic mass is 32.2. The fourth-order valence-corrected chi connectivity index (χ4v) is 1.86. The Morgan fingerprint density at radius 3 is 2.71 bits per heavy atom. The summed E-state index contributed by atoms with van der Waals surface area (Å²) in [5.74, 6) is 0.296. The molecule has 0 aliphatic heterocycles. The number of hydrogen-bond donors (Lipinski definition) is 2. The Balaban J connectivity index is 2.30. The first-order valence-corrected chi connectivity index (χ1v) is 6.25. The molecule has 1 aromatic carbocycles. The molecule has 17 heavy (non-hydrogen) atoms. The van der Waals surface area contributed by atoms with E-state index in [1.54, 1.807) is 12.1 Å². The summed E-state index contributed by atoms with van der Waals surface area (Å²) in [6.45, 7) is 0.590. The number of hydrogen-bond acceptors (Lipinski definition) is 4. The molecule has 0 bridgehead atoms. The van der Waals surface area contributed by atoms with E-state index in [4.69, 9.17) is 10.4 Å². The smallest absolute Gasteiger partial charge is 0.230 e. The number of benzene rings is 1. The van der Waals surface area contributed by atoms with E-state index in [0.29, 0.717) is 24.3 Å². The minimum absolute atomic E-state index is 0.0483. The van der Waals surface area contributed by atoms with Gasteiger partial charge in [-0.25, -0.2) is 0 Å². The van der Waals surface area contributed by atoms with Crippen molar-refractivity contribution in [3.8, 4) is 6.07 Å². The molecule has 90 valence electrons. The van der Waals surface area contributed by atoms with Gasteiger partial charge in [-0.3, -0.25) is 4.79 Å². The van der Waals surface area contributed by atoms with Crippen molar-refractivity contribution in [1.82, 2.24) is 5.32 Å². The summed E-state index contributed by atoms with van der Waals surface area (Å²) in [6, 6.07) is 9.14. The van der Waals surface area contributed by atoms with E-state index in [2.05, 4.69) is 5.32 Å². The number of carbonyl (C=O) groups is 1. The van der Waals surface area contributed by atoms with Crippen molar-refractivity contribution in [2.45, 2.75) is 11.3 Å². The van der Waals surface area contributed by atoms with Gasteiger partial charge in [-0.1, -0.05) is 0 Å². The van der Waals surface area contributed by atoms with Gasteiger partial charge in [0.05, 0.1) is 17.4 Å². The van der Waals surface area contributed by atoms with Gasteiger partial charge in [-0.15, -0.1) is 11.8 Å². The first kappa shape index (κ1) is 13.6. The maximum atomic E-state index is 11.3. The zero-order valence-electron chi connectivity index (χ0n) is 9.35. The van der Waals surface area contributed by atoms with Gasteiger partial charge in [-0.2, -0.15) is 5.26 Å². The molecule has 0 fully saturated rings. The van der Waals surface area contributed by atoms with Gasteiger partial charge in [0.25, 0.3) is 0 Å². The largest absolute Gasteiger partial charge is 0.396 e. The van der Waals surface area contributed by atoms with Crippen molar-refractivity contribution in [3.63, 3.8) is 0 Å². The van der Waals surface area contributed by atoms with Crippen LogP contribution in [0.5, 0.6) is 0 Å². The van der Waals surface area contributed by atoms with Crippen LogP contribution >= 0.6 is 11.8 Å². The lowest BCUT2D eigenvalue weighted by atomic mass is 10.2. The maximum absolute atomic E-state index is 11.3. The number of carbonyl (C=O) groups excluding carboxylic acids is 1. The molecule has 0 saturated heterocycles. The monoisotopic (exact) mass is 250 g/mol. The fourth-order valence-electron chi connectivity index (χ4n) is 1.13. The predicted molar refractivity (Wildman–Crippen MR) is 66.6 cm³/mol. The Hall–Kier alpha value is -1.51. The third-order valence-electron chi connectivity index (χ3n) is 2.01. The number of nitriles is 1. The first-order valence-electron chi connectivity index (χ1n) is 5.27. The molecule has 0 spiro atoms. The molecule has 1 amide bonds. The van der Waals surface area contributed by atoms with Crippen molar-refractivity contribution in [2.24, 2.45) is 0 Å². The van der Waals surface area contributed by atoms with Crippen molar-refractivity contribution in [2.75, 3.05) is 18.9 Å². The third-order valence-corrected chi connectivity index (χ3v) is 3.02. The van der Waals surface area contributed by atoms with E-state index >= 15 is 0 Å². The van der Waals surface area contributed by atoms with Gasteiger partial charge >= 0.3 is 0 Å². The van der Waals surface area contributed by atoms with E-state index in [1.165, 1.54) is 11.8 Å². The average molecular weight is 250 g/mol. The van der Waals surface area contributed by atoms with Crippen molar-refractivity contribution in [1.29, 1.82) is 5.26 Å². The van der Waals surface area contributed by atoms with Gasteiger partial charge in [0.1, 0.15) is 0 Å². The SMILES string of the molecule is N#Cc1ccc(SCC(=O)NCCCO)cc1. The van der Waals surface area contributed by atoms with Crippen LogP contribution in [0.3, 0.4) is 0 Å². The molecule has 0 heterocycles. The summed E-state index contributed by atoms with van der Waals surface area (Å²) < 4.78 is 0. The van der Waals surface area contributed by atoms with Gasteiger partial charge in [0.2, 0.25) is 5.91 Å². The van der Waals surface area contributed by atoms with Crippen LogP contribution in [0.1, 0.15) is 12.0 Å². The lowest BCUT2D eigenvalue weighted by molar-refractivity contribution is -0.118. The van der Waals surface area contributed by atoms with Crippen molar-refractivity contribution < 1.29 is 9.90 Å². The standard InChI is InChI=1S/C12H14N2O2S/c13-8-10-2-4-11(5-3-10)17-9-12(16)14-6-1-7-15/h2-5,15H,1,6-7,9H2,(H,14,16). The number of aliphatic hydroxyl groups excluding tert-OH is 1. The number of aliphatic hydroxyl groups is 1. The Morgan fingerprint density at radius 2 is 2.12 bits per heavy atom. The van der Waals surface area contributed by atoms with Crippen LogP contribution in [0, 0.1) is 11.3 Å². The molecule has 4 nitrogen and oxygen atoms in total. The number of nitrogens with zero attached hydrogens (tertiary/aromatic N) is 1. The molecule has 0 unspecified atom stereocenters. The highest BCUT2D eigenvalue weighted by molar-refractivity contribution is 8.00. The van der Waals surface area contributed by atoms with Gasteiger partial charge in [-0.05, 0) is 30.7 Å². The van der Waals surface area contributed by atoms with Crippen LogP contribution in [-0.2, 0) is 4.79 Å². The van der Waals surface area contributed by atoms with E-state index in [1.807, 2.05) is 18.2 Å². The minimum atomic E-state index is -0.0483. The highest BCUT2D eigenvalue weighted by Crippen LogP contribution is 2.17. The zero-order chi connectivity index (χ0) is 12.5. The molecular weight excluding hydrogens is 236 g/mol. The predicted octanol–water partition coefficient (Wildman–Crippen LogP) is 1.15. The first-order chi connectivity index (χ1) is 8.26. The molecule has 0 aliphatic rings. The second-order valence-corrected chi connectivity index (χ2v) is 4.40. The average Bonchev–Trinajstić information content (AvgIpc) is 2.37. The van der Waals surface area contributed by atoms with Gasteiger partial charge in [0.15, 0.2) is 0 Å². The summed E-state index contributed by atoms with van der Waals surface area (Å²) in [5, 5.41) is 19.9. The van der Waals surface area contributed by atoms with E-state index in [9.17, 15) is 4.79 Å². The van der Waals surface area contributed by atoms with Gasteiger partial charge < -0.3 is 10.4 Å². The molecular formula is C12H14N2O2S. The van der Waals surface area contributed by atoms with Crippen LogP contribution in [0.25, 0.3) is 0 Å². The Labute approximate surface area is 105 Å². The molecule has 1 aromatic rings. The topological polar surface area (TPSA) is 73.1 Å². The van der Waals surface area contributed by atoms with E-state index in [-0.39, 0.29) is 12.5 Å². The second kappa shape index (κ2) is 7.71. The second-order valence-electron chi connectivity index (χ2n) is 3.35. The van der Waals surface area contributed by atoms with Crippen LogP contribution in [0.2, 0.25) is 0 Å². The van der Waals surface area contributed by atoms with Crippen molar-refractivity contribution >= 4 is 17.7 Å². The lowest BCUT2D eigenvalue weighted by Crippen LogP contribution is -2.26. The maximum Gasteiger partial charge on any atom is 0.230 e. The van der Waals surface area contributed by atoms with Crippen LogP contribution in [-0.4, -0.2) is 29.9 Å². The van der Waals surface area contributed by atoms with E-state index in [0.717, 1.165) is 4.90 Å². The summed E-state index contributed by atoms with van der Waals surface area (Å²) in [7, 11) is 0. The molecule has 0 atom stereocenters. The third kappa shape index (κ3) is 5.38.